The highest BCUT2D eigenvalue weighted by molar-refractivity contribution is 6.46. The summed E-state index contributed by atoms with van der Waals surface area (Å²) in [6, 6.07) is 13.2. The highest BCUT2D eigenvalue weighted by atomic mass is 16.5. The lowest BCUT2D eigenvalue weighted by Gasteiger charge is -2.28. The molecule has 162 valence electrons. The van der Waals surface area contributed by atoms with Gasteiger partial charge in [0.15, 0.2) is 11.5 Å². The van der Waals surface area contributed by atoms with Gasteiger partial charge in [-0.2, -0.15) is 0 Å². The van der Waals surface area contributed by atoms with Crippen LogP contribution in [-0.4, -0.2) is 55.2 Å². The van der Waals surface area contributed by atoms with Gasteiger partial charge in [-0.25, -0.2) is 0 Å². The van der Waals surface area contributed by atoms with E-state index in [1.165, 1.54) is 19.1 Å². The molecule has 2 heterocycles. The SMILES string of the molecule is COc1ccc([C@H]2C(=C(O)c3ccccc3)C(=O)C(=O)N2C[C@@H]2CCCO2)cc1OC. The number of ether oxygens (including phenoxy) is 3. The molecule has 31 heavy (non-hydrogen) atoms. The van der Waals surface area contributed by atoms with Crippen LogP contribution in [0.4, 0.5) is 0 Å². The Morgan fingerprint density at radius 3 is 2.48 bits per heavy atom. The van der Waals surface area contributed by atoms with Gasteiger partial charge in [-0.3, -0.25) is 9.59 Å². The van der Waals surface area contributed by atoms with Crippen molar-refractivity contribution in [3.05, 3.63) is 65.2 Å². The van der Waals surface area contributed by atoms with Gasteiger partial charge in [0, 0.05) is 18.7 Å². The Balaban J connectivity index is 1.85. The molecule has 2 atom stereocenters. The van der Waals surface area contributed by atoms with Crippen molar-refractivity contribution in [3.63, 3.8) is 0 Å². The first kappa shape index (κ1) is 20.9. The highest BCUT2D eigenvalue weighted by Crippen LogP contribution is 2.42. The molecule has 0 saturated carbocycles. The summed E-state index contributed by atoms with van der Waals surface area (Å²) in [4.78, 5) is 27.6. The Morgan fingerprint density at radius 2 is 1.84 bits per heavy atom. The van der Waals surface area contributed by atoms with Crippen molar-refractivity contribution in [1.29, 1.82) is 0 Å². The first-order valence-electron chi connectivity index (χ1n) is 10.2. The third-order valence-corrected chi connectivity index (χ3v) is 5.73. The average Bonchev–Trinajstić information content (AvgIpc) is 3.41. The van der Waals surface area contributed by atoms with Crippen LogP contribution in [0.25, 0.3) is 5.76 Å². The average molecular weight is 423 g/mol. The number of hydrogen-bond donors (Lipinski definition) is 1. The number of carbonyl (C=O) groups is 2. The van der Waals surface area contributed by atoms with Crippen LogP contribution in [0.15, 0.2) is 54.1 Å². The van der Waals surface area contributed by atoms with Gasteiger partial charge in [0.2, 0.25) is 0 Å². The van der Waals surface area contributed by atoms with E-state index in [4.69, 9.17) is 14.2 Å². The first-order valence-corrected chi connectivity index (χ1v) is 10.2. The maximum absolute atomic E-state index is 13.1. The van der Waals surface area contributed by atoms with Gasteiger partial charge < -0.3 is 24.2 Å². The molecule has 1 N–H and O–H groups in total. The molecule has 0 spiro atoms. The number of nitrogens with zero attached hydrogens (tertiary/aromatic N) is 1. The lowest BCUT2D eigenvalue weighted by molar-refractivity contribution is -0.140. The largest absolute Gasteiger partial charge is 0.507 e. The second-order valence-corrected chi connectivity index (χ2v) is 7.57. The summed E-state index contributed by atoms with van der Waals surface area (Å²) >= 11 is 0. The summed E-state index contributed by atoms with van der Waals surface area (Å²) in [6.45, 7) is 0.911. The smallest absolute Gasteiger partial charge is 0.295 e. The summed E-state index contributed by atoms with van der Waals surface area (Å²) in [5.41, 5.74) is 1.18. The summed E-state index contributed by atoms with van der Waals surface area (Å²) < 4.78 is 16.5. The number of hydrogen-bond acceptors (Lipinski definition) is 6. The van der Waals surface area contributed by atoms with E-state index in [-0.39, 0.29) is 24.0 Å². The number of Topliss-reactive ketones (excluding diaryl/α,β-unsaturated/α-hetero) is 1. The number of aliphatic hydroxyl groups is 1. The molecule has 2 fully saturated rings. The van der Waals surface area contributed by atoms with Gasteiger partial charge in [-0.15, -0.1) is 0 Å². The molecule has 7 heteroatoms. The predicted octanol–water partition coefficient (Wildman–Crippen LogP) is 3.30. The zero-order valence-corrected chi connectivity index (χ0v) is 17.5. The normalized spacial score (nSPS) is 22.7. The van der Waals surface area contributed by atoms with E-state index in [1.807, 2.05) is 6.07 Å². The summed E-state index contributed by atoms with van der Waals surface area (Å²) in [5, 5.41) is 11.0. The second-order valence-electron chi connectivity index (χ2n) is 7.57. The molecule has 2 aromatic carbocycles. The standard InChI is InChI=1S/C24H25NO6/c1-29-18-11-10-16(13-19(18)30-2)21-20(22(26)15-7-4-3-5-8-15)23(27)24(28)25(21)14-17-9-6-12-31-17/h3-5,7-8,10-11,13,17,21,26H,6,9,12,14H2,1-2H3/t17-,21-/m0/s1. The van der Waals surface area contributed by atoms with Crippen LogP contribution in [0.5, 0.6) is 11.5 Å². The number of amides is 1. The van der Waals surface area contributed by atoms with Crippen LogP contribution in [0.1, 0.15) is 30.0 Å². The second kappa shape index (κ2) is 8.81. The van der Waals surface area contributed by atoms with Gasteiger partial charge in [0.25, 0.3) is 11.7 Å². The number of methoxy groups -OCH3 is 2. The summed E-state index contributed by atoms with van der Waals surface area (Å²) in [7, 11) is 3.06. The van der Waals surface area contributed by atoms with E-state index >= 15 is 0 Å². The third-order valence-electron chi connectivity index (χ3n) is 5.73. The van der Waals surface area contributed by atoms with Crippen molar-refractivity contribution in [2.24, 2.45) is 0 Å². The van der Waals surface area contributed by atoms with E-state index in [0.717, 1.165) is 12.8 Å². The Morgan fingerprint density at radius 1 is 1.10 bits per heavy atom. The van der Waals surface area contributed by atoms with Gasteiger partial charge in [0.1, 0.15) is 5.76 Å². The zero-order chi connectivity index (χ0) is 22.0. The molecular formula is C24H25NO6. The fourth-order valence-electron chi connectivity index (χ4n) is 4.20. The number of carbonyl (C=O) groups excluding carboxylic acids is 2. The van der Waals surface area contributed by atoms with E-state index in [9.17, 15) is 14.7 Å². The van der Waals surface area contributed by atoms with Crippen LogP contribution < -0.4 is 9.47 Å². The number of ketones is 1. The van der Waals surface area contributed by atoms with Crippen molar-refractivity contribution in [1.82, 2.24) is 4.90 Å². The molecule has 0 aromatic heterocycles. The number of likely N-dealkylation sites (tertiary alicyclic amines) is 1. The van der Waals surface area contributed by atoms with Crippen LogP contribution >= 0.6 is 0 Å². The molecule has 1 amide bonds. The zero-order valence-electron chi connectivity index (χ0n) is 17.5. The van der Waals surface area contributed by atoms with Crippen molar-refractivity contribution in [2.45, 2.75) is 25.0 Å². The molecule has 2 aromatic rings. The Kier molecular flexibility index (Phi) is 5.95. The molecule has 7 nitrogen and oxygen atoms in total. The Hall–Kier alpha value is -3.32. The molecule has 4 rings (SSSR count). The molecule has 2 saturated heterocycles. The molecule has 2 aliphatic rings. The minimum atomic E-state index is -0.760. The quantitative estimate of drug-likeness (QED) is 0.436. The van der Waals surface area contributed by atoms with E-state index in [2.05, 4.69) is 0 Å². The Labute approximate surface area is 180 Å². The fraction of sp³-hybridized carbons (Fsp3) is 0.333. The maximum atomic E-state index is 13.1. The van der Waals surface area contributed by atoms with Crippen molar-refractivity contribution < 1.29 is 28.9 Å². The van der Waals surface area contributed by atoms with E-state index in [0.29, 0.717) is 29.2 Å². The monoisotopic (exact) mass is 423 g/mol. The van der Waals surface area contributed by atoms with Crippen molar-refractivity contribution >= 4 is 17.4 Å². The minimum absolute atomic E-state index is 0.0569. The van der Waals surface area contributed by atoms with E-state index < -0.39 is 17.7 Å². The fourth-order valence-corrected chi connectivity index (χ4v) is 4.20. The Bertz CT molecular complexity index is 1010. The van der Waals surface area contributed by atoms with Gasteiger partial charge in [0.05, 0.1) is 31.9 Å². The van der Waals surface area contributed by atoms with Crippen LogP contribution in [0.2, 0.25) is 0 Å². The van der Waals surface area contributed by atoms with Gasteiger partial charge in [-0.05, 0) is 30.5 Å². The third kappa shape index (κ3) is 3.88. The van der Waals surface area contributed by atoms with Crippen LogP contribution in [-0.2, 0) is 14.3 Å². The first-order chi connectivity index (χ1) is 15.0. The molecule has 0 aliphatic carbocycles. The lowest BCUT2D eigenvalue weighted by atomic mass is 9.95. The van der Waals surface area contributed by atoms with Crippen molar-refractivity contribution in [3.8, 4) is 11.5 Å². The molecular weight excluding hydrogens is 398 g/mol. The highest BCUT2D eigenvalue weighted by Gasteiger charge is 2.47. The van der Waals surface area contributed by atoms with Crippen LogP contribution in [0.3, 0.4) is 0 Å². The minimum Gasteiger partial charge on any atom is -0.507 e. The molecule has 0 radical (unpaired) electrons. The lowest BCUT2D eigenvalue weighted by Crippen LogP contribution is -2.36. The van der Waals surface area contributed by atoms with Crippen molar-refractivity contribution in [2.75, 3.05) is 27.4 Å². The summed E-state index contributed by atoms with van der Waals surface area (Å²) in [6.07, 6.45) is 1.59. The number of aliphatic hydroxyl groups excluding tert-OH is 1. The molecule has 0 unspecified atom stereocenters. The number of benzene rings is 2. The van der Waals surface area contributed by atoms with Crippen LogP contribution in [0, 0.1) is 0 Å². The molecule has 0 bridgehead atoms. The number of rotatable bonds is 6. The summed E-state index contributed by atoms with van der Waals surface area (Å²) in [5.74, 6) is -0.548. The van der Waals surface area contributed by atoms with Gasteiger partial charge >= 0.3 is 0 Å². The topological polar surface area (TPSA) is 85.3 Å². The van der Waals surface area contributed by atoms with E-state index in [1.54, 1.807) is 42.5 Å². The maximum Gasteiger partial charge on any atom is 0.295 e. The molecule has 2 aliphatic heterocycles. The van der Waals surface area contributed by atoms with Gasteiger partial charge in [-0.1, -0.05) is 36.4 Å². The predicted molar refractivity (Wildman–Crippen MR) is 114 cm³/mol.